The monoisotopic (exact) mass is 314 g/mol. The molecule has 1 heterocycles. The highest BCUT2D eigenvalue weighted by Crippen LogP contribution is 2.28. The van der Waals surface area contributed by atoms with Gasteiger partial charge in [0.2, 0.25) is 0 Å². The van der Waals surface area contributed by atoms with Crippen LogP contribution < -0.4 is 11.3 Å². The number of halogens is 3. The lowest BCUT2D eigenvalue weighted by Gasteiger charge is -2.20. The maximum atomic E-state index is 13.8. The number of benzene rings is 1. The molecule has 0 bridgehead atoms. The van der Waals surface area contributed by atoms with Crippen LogP contribution in [0.3, 0.4) is 0 Å². The molecule has 2 aromatic rings. The van der Waals surface area contributed by atoms with Crippen molar-refractivity contribution in [3.05, 3.63) is 52.3 Å². The van der Waals surface area contributed by atoms with Gasteiger partial charge in [0.25, 0.3) is 0 Å². The summed E-state index contributed by atoms with van der Waals surface area (Å²) < 4.78 is 28.8. The lowest BCUT2D eigenvalue weighted by Crippen LogP contribution is -2.32. The quantitative estimate of drug-likeness (QED) is 0.658. The minimum atomic E-state index is -0.883. The molecule has 1 unspecified atom stereocenters. The van der Waals surface area contributed by atoms with E-state index in [9.17, 15) is 8.78 Å². The van der Waals surface area contributed by atoms with Gasteiger partial charge in [-0.05, 0) is 31.9 Å². The van der Waals surface area contributed by atoms with Crippen LogP contribution in [0.25, 0.3) is 0 Å². The molecule has 7 heteroatoms. The second-order valence-electron chi connectivity index (χ2n) is 5.05. The minimum absolute atomic E-state index is 0.0701. The van der Waals surface area contributed by atoms with Crippen LogP contribution in [0.5, 0.6) is 0 Å². The normalized spacial score (nSPS) is 12.9. The summed E-state index contributed by atoms with van der Waals surface area (Å²) in [6.45, 7) is 3.90. The fourth-order valence-electron chi connectivity index (χ4n) is 2.25. The van der Waals surface area contributed by atoms with Crippen LogP contribution in [-0.2, 0) is 6.42 Å². The average Bonchev–Trinajstić information content (AvgIpc) is 2.82. The first-order valence-electron chi connectivity index (χ1n) is 6.57. The van der Waals surface area contributed by atoms with E-state index in [0.717, 1.165) is 6.07 Å². The Balaban J connectivity index is 2.37. The zero-order chi connectivity index (χ0) is 15.6. The highest BCUT2D eigenvalue weighted by molar-refractivity contribution is 6.31. The molecule has 1 aromatic heterocycles. The Bertz CT molecular complexity index is 627. The van der Waals surface area contributed by atoms with E-state index in [-0.39, 0.29) is 18.0 Å². The minimum Gasteiger partial charge on any atom is -0.271 e. The van der Waals surface area contributed by atoms with Crippen LogP contribution in [0.1, 0.15) is 37.2 Å². The molecule has 0 amide bonds. The SMILES string of the molecule is CC(C)n1ncc(Cl)c1C(Cc1cccc(F)c1F)NN. The Kier molecular flexibility index (Phi) is 4.92. The Hall–Kier alpha value is -1.50. The van der Waals surface area contributed by atoms with E-state index in [1.54, 1.807) is 4.68 Å². The summed E-state index contributed by atoms with van der Waals surface area (Å²) in [7, 11) is 0. The van der Waals surface area contributed by atoms with Gasteiger partial charge in [-0.25, -0.2) is 8.78 Å². The summed E-state index contributed by atoms with van der Waals surface area (Å²) in [4.78, 5) is 0. The molecular formula is C14H17ClF2N4. The second kappa shape index (κ2) is 6.51. The molecule has 1 aromatic carbocycles. The molecule has 3 N–H and O–H groups in total. The zero-order valence-electron chi connectivity index (χ0n) is 11.8. The van der Waals surface area contributed by atoms with E-state index < -0.39 is 17.7 Å². The van der Waals surface area contributed by atoms with Crippen molar-refractivity contribution in [2.75, 3.05) is 0 Å². The summed E-state index contributed by atoms with van der Waals surface area (Å²) >= 11 is 6.15. The van der Waals surface area contributed by atoms with Gasteiger partial charge in [-0.1, -0.05) is 23.7 Å². The van der Waals surface area contributed by atoms with E-state index in [4.69, 9.17) is 17.4 Å². The van der Waals surface area contributed by atoms with Crippen LogP contribution >= 0.6 is 11.6 Å². The molecule has 2 rings (SSSR count). The highest BCUT2D eigenvalue weighted by atomic mass is 35.5. The first-order valence-corrected chi connectivity index (χ1v) is 6.95. The van der Waals surface area contributed by atoms with Gasteiger partial charge in [-0.2, -0.15) is 5.10 Å². The van der Waals surface area contributed by atoms with E-state index in [2.05, 4.69) is 10.5 Å². The van der Waals surface area contributed by atoms with Crippen LogP contribution in [0.15, 0.2) is 24.4 Å². The van der Waals surface area contributed by atoms with Gasteiger partial charge in [-0.3, -0.25) is 16.0 Å². The predicted octanol–water partition coefficient (Wildman–Crippen LogP) is 3.14. The highest BCUT2D eigenvalue weighted by Gasteiger charge is 2.23. The summed E-state index contributed by atoms with van der Waals surface area (Å²) in [5.74, 6) is 3.82. The lowest BCUT2D eigenvalue weighted by atomic mass is 10.0. The molecule has 0 fully saturated rings. The van der Waals surface area contributed by atoms with E-state index in [1.807, 2.05) is 13.8 Å². The lowest BCUT2D eigenvalue weighted by molar-refractivity contribution is 0.437. The van der Waals surface area contributed by atoms with Crippen LogP contribution in [0.4, 0.5) is 8.78 Å². The fourth-order valence-corrected chi connectivity index (χ4v) is 2.51. The number of nitrogens with two attached hydrogens (primary N) is 1. The molecule has 0 aliphatic rings. The van der Waals surface area contributed by atoms with Crippen molar-refractivity contribution in [1.29, 1.82) is 0 Å². The van der Waals surface area contributed by atoms with Crippen molar-refractivity contribution in [1.82, 2.24) is 15.2 Å². The Labute approximate surface area is 126 Å². The number of aromatic nitrogens is 2. The summed E-state index contributed by atoms with van der Waals surface area (Å²) in [5, 5.41) is 4.62. The summed E-state index contributed by atoms with van der Waals surface area (Å²) in [6.07, 6.45) is 1.68. The Morgan fingerprint density at radius 3 is 2.71 bits per heavy atom. The maximum absolute atomic E-state index is 13.8. The van der Waals surface area contributed by atoms with Crippen molar-refractivity contribution >= 4 is 11.6 Å². The standard InChI is InChI=1S/C14H17ClF2N4/c1-8(2)21-14(10(15)7-19-21)12(20-18)6-9-4-3-5-11(16)13(9)17/h3-5,7-8,12,20H,6,18H2,1-2H3. The van der Waals surface area contributed by atoms with Gasteiger partial charge in [-0.15, -0.1) is 0 Å². The topological polar surface area (TPSA) is 55.9 Å². The first-order chi connectivity index (χ1) is 9.95. The number of nitrogens with zero attached hydrogens (tertiary/aromatic N) is 2. The Morgan fingerprint density at radius 2 is 2.10 bits per heavy atom. The third-order valence-corrected chi connectivity index (χ3v) is 3.55. The molecule has 0 saturated carbocycles. The molecule has 0 saturated heterocycles. The maximum Gasteiger partial charge on any atom is 0.162 e. The third-order valence-electron chi connectivity index (χ3n) is 3.26. The third kappa shape index (κ3) is 3.23. The van der Waals surface area contributed by atoms with Gasteiger partial charge in [0.05, 0.1) is 23.0 Å². The van der Waals surface area contributed by atoms with Crippen molar-refractivity contribution in [2.45, 2.75) is 32.4 Å². The molecule has 114 valence electrons. The number of hydrogen-bond acceptors (Lipinski definition) is 3. The second-order valence-corrected chi connectivity index (χ2v) is 5.46. The van der Waals surface area contributed by atoms with Crippen LogP contribution in [0, 0.1) is 11.6 Å². The van der Waals surface area contributed by atoms with Crippen molar-refractivity contribution in [2.24, 2.45) is 5.84 Å². The van der Waals surface area contributed by atoms with Crippen molar-refractivity contribution < 1.29 is 8.78 Å². The number of hydrogen-bond donors (Lipinski definition) is 2. The first kappa shape index (κ1) is 15.9. The summed E-state index contributed by atoms with van der Waals surface area (Å²) in [5.41, 5.74) is 3.48. The van der Waals surface area contributed by atoms with Gasteiger partial charge in [0, 0.05) is 6.04 Å². The molecule has 4 nitrogen and oxygen atoms in total. The average molecular weight is 315 g/mol. The van der Waals surface area contributed by atoms with Crippen molar-refractivity contribution in [3.8, 4) is 0 Å². The number of hydrazine groups is 1. The summed E-state index contributed by atoms with van der Waals surface area (Å²) in [6, 6.07) is 3.66. The smallest absolute Gasteiger partial charge is 0.162 e. The molecule has 0 aliphatic carbocycles. The van der Waals surface area contributed by atoms with Crippen LogP contribution in [-0.4, -0.2) is 9.78 Å². The molecule has 1 atom stereocenters. The van der Waals surface area contributed by atoms with Gasteiger partial charge in [0.1, 0.15) is 0 Å². The van der Waals surface area contributed by atoms with E-state index in [1.165, 1.54) is 18.3 Å². The number of nitrogens with one attached hydrogen (secondary N) is 1. The van der Waals surface area contributed by atoms with Gasteiger partial charge >= 0.3 is 0 Å². The van der Waals surface area contributed by atoms with Crippen LogP contribution in [0.2, 0.25) is 5.02 Å². The van der Waals surface area contributed by atoms with Gasteiger partial charge in [0.15, 0.2) is 11.6 Å². The molecule has 0 aliphatic heterocycles. The fraction of sp³-hybridized carbons (Fsp3) is 0.357. The molecular weight excluding hydrogens is 298 g/mol. The van der Waals surface area contributed by atoms with E-state index in [0.29, 0.717) is 10.7 Å². The van der Waals surface area contributed by atoms with E-state index >= 15 is 0 Å². The van der Waals surface area contributed by atoms with Crippen molar-refractivity contribution in [3.63, 3.8) is 0 Å². The van der Waals surface area contributed by atoms with Gasteiger partial charge < -0.3 is 0 Å². The molecule has 21 heavy (non-hydrogen) atoms. The number of rotatable bonds is 5. The Morgan fingerprint density at radius 1 is 1.38 bits per heavy atom. The zero-order valence-corrected chi connectivity index (χ0v) is 12.5. The molecule has 0 radical (unpaired) electrons. The predicted molar refractivity (Wildman–Crippen MR) is 77.7 cm³/mol. The molecule has 0 spiro atoms. The largest absolute Gasteiger partial charge is 0.271 e.